The second-order valence-corrected chi connectivity index (χ2v) is 8.81. The van der Waals surface area contributed by atoms with Crippen LogP contribution in [0.1, 0.15) is 20.3 Å². The van der Waals surface area contributed by atoms with E-state index in [1.54, 1.807) is 0 Å². The minimum Gasteiger partial charge on any atom is -0.404 e. The van der Waals surface area contributed by atoms with Crippen LogP contribution in [0.15, 0.2) is 18.2 Å². The van der Waals surface area contributed by atoms with E-state index < -0.39 is 33.7 Å². The van der Waals surface area contributed by atoms with Crippen LogP contribution in [0.5, 0.6) is 5.75 Å². The number of anilines is 1. The van der Waals surface area contributed by atoms with Crippen molar-refractivity contribution in [2.24, 2.45) is 0 Å². The SMILES string of the molecule is CC1(C)CCN(C(=O)Nc2cc(Cl)ccc2OC(F)(F)F)CCS1=O. The van der Waals surface area contributed by atoms with Crippen molar-refractivity contribution in [2.45, 2.75) is 31.4 Å². The summed E-state index contributed by atoms with van der Waals surface area (Å²) in [6.45, 7) is 4.31. The van der Waals surface area contributed by atoms with Crippen LogP contribution in [0.25, 0.3) is 0 Å². The van der Waals surface area contributed by atoms with Crippen molar-refractivity contribution in [1.29, 1.82) is 0 Å². The van der Waals surface area contributed by atoms with E-state index in [0.717, 1.165) is 6.07 Å². The predicted octanol–water partition coefficient (Wildman–Crippen LogP) is 4.00. The molecule has 25 heavy (non-hydrogen) atoms. The molecule has 10 heteroatoms. The average molecular weight is 399 g/mol. The second kappa shape index (κ2) is 7.41. The van der Waals surface area contributed by atoms with Crippen LogP contribution in [-0.2, 0) is 10.8 Å². The summed E-state index contributed by atoms with van der Waals surface area (Å²) >= 11 is 5.80. The number of alkyl halides is 3. The molecule has 1 aromatic carbocycles. The van der Waals surface area contributed by atoms with Gasteiger partial charge in [0.15, 0.2) is 5.75 Å². The third-order valence-electron chi connectivity index (χ3n) is 3.84. The number of ether oxygens (including phenoxy) is 1. The molecule has 1 aliphatic heterocycles. The lowest BCUT2D eigenvalue weighted by Crippen LogP contribution is -2.37. The molecule has 0 bridgehead atoms. The quantitative estimate of drug-likeness (QED) is 0.819. The Morgan fingerprint density at radius 3 is 2.68 bits per heavy atom. The van der Waals surface area contributed by atoms with E-state index in [-0.39, 0.29) is 17.3 Å². The lowest BCUT2D eigenvalue weighted by atomic mass is 10.1. The Morgan fingerprint density at radius 2 is 2.04 bits per heavy atom. The Balaban J connectivity index is 2.15. The normalized spacial score (nSPS) is 20.7. The van der Waals surface area contributed by atoms with Crippen LogP contribution >= 0.6 is 11.6 Å². The third-order valence-corrected chi connectivity index (χ3v) is 6.07. The van der Waals surface area contributed by atoms with Crippen LogP contribution in [0.3, 0.4) is 0 Å². The molecule has 0 spiro atoms. The molecule has 140 valence electrons. The fourth-order valence-electron chi connectivity index (χ4n) is 2.31. The van der Waals surface area contributed by atoms with Gasteiger partial charge in [-0.1, -0.05) is 11.6 Å². The van der Waals surface area contributed by atoms with Gasteiger partial charge in [0, 0.05) is 39.4 Å². The maximum absolute atomic E-state index is 12.5. The lowest BCUT2D eigenvalue weighted by Gasteiger charge is -2.23. The fraction of sp³-hybridized carbons (Fsp3) is 0.533. The number of hydrogen-bond donors (Lipinski definition) is 1. The Morgan fingerprint density at radius 1 is 1.36 bits per heavy atom. The summed E-state index contributed by atoms with van der Waals surface area (Å²) < 4.78 is 53.0. The first-order valence-electron chi connectivity index (χ1n) is 7.48. The number of carbonyl (C=O) groups is 1. The average Bonchev–Trinajstić information content (AvgIpc) is 2.60. The number of nitrogens with zero attached hydrogens (tertiary/aromatic N) is 1. The van der Waals surface area contributed by atoms with Crippen LogP contribution in [0.4, 0.5) is 23.7 Å². The van der Waals surface area contributed by atoms with Crippen molar-refractivity contribution in [3.63, 3.8) is 0 Å². The largest absolute Gasteiger partial charge is 0.573 e. The van der Waals surface area contributed by atoms with Gasteiger partial charge in [0.05, 0.1) is 5.69 Å². The van der Waals surface area contributed by atoms with Gasteiger partial charge in [0.2, 0.25) is 0 Å². The zero-order valence-electron chi connectivity index (χ0n) is 13.7. The lowest BCUT2D eigenvalue weighted by molar-refractivity contribution is -0.274. The van der Waals surface area contributed by atoms with E-state index in [4.69, 9.17) is 11.6 Å². The highest BCUT2D eigenvalue weighted by Gasteiger charge is 2.34. The number of rotatable bonds is 2. The highest BCUT2D eigenvalue weighted by Crippen LogP contribution is 2.33. The molecule has 0 saturated carbocycles. The number of urea groups is 1. The van der Waals surface area contributed by atoms with Gasteiger partial charge in [-0.25, -0.2) is 4.79 Å². The van der Waals surface area contributed by atoms with Gasteiger partial charge in [-0.15, -0.1) is 13.2 Å². The van der Waals surface area contributed by atoms with Gasteiger partial charge >= 0.3 is 12.4 Å². The molecule has 1 aromatic rings. The molecule has 1 N–H and O–H groups in total. The Kier molecular flexibility index (Phi) is 5.88. The van der Waals surface area contributed by atoms with Crippen molar-refractivity contribution in [3.8, 4) is 5.75 Å². The summed E-state index contributed by atoms with van der Waals surface area (Å²) in [6.07, 6.45) is -4.37. The molecule has 2 rings (SSSR count). The third kappa shape index (κ3) is 5.50. The first-order chi connectivity index (χ1) is 11.5. The van der Waals surface area contributed by atoms with Gasteiger partial charge in [-0.3, -0.25) is 4.21 Å². The summed E-state index contributed by atoms with van der Waals surface area (Å²) in [5.74, 6) is -0.244. The molecule has 1 heterocycles. The fourth-order valence-corrected chi connectivity index (χ4v) is 3.74. The van der Waals surface area contributed by atoms with E-state index >= 15 is 0 Å². The minimum absolute atomic E-state index is 0.155. The van der Waals surface area contributed by atoms with E-state index in [1.165, 1.54) is 17.0 Å². The monoisotopic (exact) mass is 398 g/mol. The molecule has 2 amide bonds. The van der Waals surface area contributed by atoms with Gasteiger partial charge in [0.1, 0.15) is 0 Å². The summed E-state index contributed by atoms with van der Waals surface area (Å²) in [5, 5.41) is 2.55. The van der Waals surface area contributed by atoms with Crippen LogP contribution in [-0.4, -0.2) is 45.1 Å². The molecule has 1 saturated heterocycles. The first kappa shape index (κ1) is 19.8. The summed E-state index contributed by atoms with van der Waals surface area (Å²) in [5.41, 5.74) is -0.181. The van der Waals surface area contributed by atoms with Crippen molar-refractivity contribution >= 4 is 34.1 Å². The summed E-state index contributed by atoms with van der Waals surface area (Å²) in [7, 11) is -1.09. The minimum atomic E-state index is -4.89. The second-order valence-electron chi connectivity index (χ2n) is 6.16. The number of hydrogen-bond acceptors (Lipinski definition) is 3. The summed E-state index contributed by atoms with van der Waals surface area (Å²) in [4.78, 5) is 13.8. The van der Waals surface area contributed by atoms with E-state index in [0.29, 0.717) is 18.7 Å². The Hall–Kier alpha value is -1.48. The highest BCUT2D eigenvalue weighted by molar-refractivity contribution is 7.86. The predicted molar refractivity (Wildman–Crippen MR) is 90.4 cm³/mol. The zero-order valence-corrected chi connectivity index (χ0v) is 15.2. The Labute approximate surface area is 150 Å². The molecule has 5 nitrogen and oxygen atoms in total. The van der Waals surface area contributed by atoms with Gasteiger partial charge < -0.3 is 15.0 Å². The standard InChI is InChI=1S/C15H18ClF3N2O3S/c1-14(2)5-6-21(7-8-25(14)23)13(22)20-11-9-10(16)3-4-12(11)24-15(17,18)19/h3-4,9H,5-8H2,1-2H3,(H,20,22). The van der Waals surface area contributed by atoms with E-state index in [2.05, 4.69) is 10.1 Å². The molecular weight excluding hydrogens is 381 g/mol. The first-order valence-corrected chi connectivity index (χ1v) is 9.17. The number of amides is 2. The maximum atomic E-state index is 12.5. The van der Waals surface area contributed by atoms with Crippen molar-refractivity contribution < 1.29 is 26.9 Å². The van der Waals surface area contributed by atoms with Crippen molar-refractivity contribution in [3.05, 3.63) is 23.2 Å². The molecule has 1 fully saturated rings. The van der Waals surface area contributed by atoms with Crippen LogP contribution in [0.2, 0.25) is 5.02 Å². The molecule has 0 aromatic heterocycles. The van der Waals surface area contributed by atoms with E-state index in [1.807, 2.05) is 13.8 Å². The molecular formula is C15H18ClF3N2O3S. The number of halogens is 4. The molecule has 0 radical (unpaired) electrons. The van der Waals surface area contributed by atoms with E-state index in [9.17, 15) is 22.2 Å². The summed E-state index contributed by atoms with van der Waals surface area (Å²) in [6, 6.07) is 2.85. The number of nitrogens with one attached hydrogen (secondary N) is 1. The van der Waals surface area contributed by atoms with Crippen molar-refractivity contribution in [1.82, 2.24) is 4.90 Å². The molecule has 1 atom stereocenters. The van der Waals surface area contributed by atoms with Gasteiger partial charge in [-0.05, 0) is 38.5 Å². The Bertz CT molecular complexity index is 682. The highest BCUT2D eigenvalue weighted by atomic mass is 35.5. The van der Waals surface area contributed by atoms with Gasteiger partial charge in [0.25, 0.3) is 0 Å². The topological polar surface area (TPSA) is 58.6 Å². The van der Waals surface area contributed by atoms with Gasteiger partial charge in [-0.2, -0.15) is 0 Å². The smallest absolute Gasteiger partial charge is 0.404 e. The van der Waals surface area contributed by atoms with Crippen LogP contribution in [0, 0.1) is 0 Å². The van der Waals surface area contributed by atoms with Crippen LogP contribution < -0.4 is 10.1 Å². The number of benzene rings is 1. The number of carbonyl (C=O) groups excluding carboxylic acids is 1. The van der Waals surface area contributed by atoms with Crippen molar-refractivity contribution in [2.75, 3.05) is 24.2 Å². The molecule has 0 aliphatic carbocycles. The zero-order chi connectivity index (χ0) is 18.8. The maximum Gasteiger partial charge on any atom is 0.573 e. The molecule has 1 aliphatic rings. The molecule has 1 unspecified atom stereocenters.